The van der Waals surface area contributed by atoms with E-state index in [1.165, 1.54) is 24.6 Å². The number of nitrogens with two attached hydrogens (primary N) is 1. The van der Waals surface area contributed by atoms with Gasteiger partial charge in [0.25, 0.3) is 0 Å². The summed E-state index contributed by atoms with van der Waals surface area (Å²) in [5.41, 5.74) is 5.27. The summed E-state index contributed by atoms with van der Waals surface area (Å²) in [6.45, 7) is 1.84. The summed E-state index contributed by atoms with van der Waals surface area (Å²) in [5, 5.41) is 15.3. The molecule has 0 atom stereocenters. The molecule has 80 valence electrons. The van der Waals surface area contributed by atoms with Crippen molar-refractivity contribution in [2.75, 3.05) is 11.5 Å². The van der Waals surface area contributed by atoms with E-state index in [-0.39, 0.29) is 5.17 Å². The Morgan fingerprint density at radius 1 is 1.21 bits per heavy atom. The smallest absolute Gasteiger partial charge is 0.151 e. The van der Waals surface area contributed by atoms with Gasteiger partial charge in [0.1, 0.15) is 0 Å². The second-order valence-corrected chi connectivity index (χ2v) is 6.04. The Bertz CT molecular complexity index is 202. The molecule has 1 aliphatic carbocycles. The molecular formula is C9H17N3S2. The van der Waals surface area contributed by atoms with Gasteiger partial charge in [-0.1, -0.05) is 11.8 Å². The highest BCUT2D eigenvalue weighted by atomic mass is 32.2. The van der Waals surface area contributed by atoms with E-state index in [2.05, 4.69) is 0 Å². The van der Waals surface area contributed by atoms with Crippen molar-refractivity contribution in [1.29, 1.82) is 10.8 Å². The number of thioether (sulfide) groups is 2. The van der Waals surface area contributed by atoms with Crippen molar-refractivity contribution in [3.8, 4) is 0 Å². The van der Waals surface area contributed by atoms with Crippen LogP contribution >= 0.6 is 23.5 Å². The van der Waals surface area contributed by atoms with Crippen LogP contribution in [-0.2, 0) is 0 Å². The van der Waals surface area contributed by atoms with Gasteiger partial charge < -0.3 is 5.73 Å². The van der Waals surface area contributed by atoms with Crippen LogP contribution in [0.25, 0.3) is 0 Å². The fraction of sp³-hybridized carbons (Fsp3) is 0.778. The highest BCUT2D eigenvalue weighted by Gasteiger charge is 2.28. The van der Waals surface area contributed by atoms with Crippen LogP contribution in [0.1, 0.15) is 19.8 Å². The maximum atomic E-state index is 7.29. The van der Waals surface area contributed by atoms with Crippen LogP contribution < -0.4 is 5.73 Å². The largest absolute Gasteiger partial charge is 0.379 e. The van der Waals surface area contributed by atoms with Crippen molar-refractivity contribution in [1.82, 2.24) is 0 Å². The van der Waals surface area contributed by atoms with Crippen LogP contribution in [0.4, 0.5) is 0 Å². The van der Waals surface area contributed by atoms with Crippen LogP contribution in [0.2, 0.25) is 0 Å². The van der Waals surface area contributed by atoms with Gasteiger partial charge >= 0.3 is 0 Å². The van der Waals surface area contributed by atoms with Crippen molar-refractivity contribution in [2.45, 2.75) is 19.8 Å². The van der Waals surface area contributed by atoms with Crippen LogP contribution in [0.15, 0.2) is 0 Å². The lowest BCUT2D eigenvalue weighted by Gasteiger charge is -2.34. The molecule has 5 heteroatoms. The van der Waals surface area contributed by atoms with E-state index < -0.39 is 0 Å². The molecule has 0 unspecified atom stereocenters. The molecule has 0 spiro atoms. The van der Waals surface area contributed by atoms with Gasteiger partial charge in [0.2, 0.25) is 0 Å². The summed E-state index contributed by atoms with van der Waals surface area (Å²) in [6.07, 6.45) is 2.50. The molecule has 1 saturated carbocycles. The molecule has 0 bridgehead atoms. The predicted molar refractivity (Wildman–Crippen MR) is 66.4 cm³/mol. The molecule has 1 rings (SSSR count). The lowest BCUT2D eigenvalue weighted by atomic mass is 9.77. The molecule has 0 radical (unpaired) electrons. The minimum atomic E-state index is 0.234. The van der Waals surface area contributed by atoms with Gasteiger partial charge in [-0.15, -0.1) is 11.8 Å². The lowest BCUT2D eigenvalue weighted by Crippen LogP contribution is -2.28. The summed E-state index contributed by atoms with van der Waals surface area (Å²) in [6, 6.07) is 0. The van der Waals surface area contributed by atoms with Crippen molar-refractivity contribution in [2.24, 2.45) is 17.6 Å². The predicted octanol–water partition coefficient (Wildman–Crippen LogP) is 2.37. The van der Waals surface area contributed by atoms with Gasteiger partial charge in [-0.25, -0.2) is 0 Å². The Morgan fingerprint density at radius 2 is 1.71 bits per heavy atom. The van der Waals surface area contributed by atoms with Gasteiger partial charge in [-0.2, -0.15) is 0 Å². The van der Waals surface area contributed by atoms with Crippen LogP contribution in [-0.4, -0.2) is 21.7 Å². The number of rotatable bonds is 4. The van der Waals surface area contributed by atoms with E-state index in [4.69, 9.17) is 16.6 Å². The fourth-order valence-corrected chi connectivity index (χ4v) is 3.04. The van der Waals surface area contributed by atoms with E-state index in [1.54, 1.807) is 11.8 Å². The first kappa shape index (κ1) is 11.9. The first-order valence-electron chi connectivity index (χ1n) is 4.72. The lowest BCUT2D eigenvalue weighted by molar-refractivity contribution is 0.243. The van der Waals surface area contributed by atoms with E-state index >= 15 is 0 Å². The molecule has 3 nitrogen and oxygen atoms in total. The zero-order chi connectivity index (χ0) is 10.6. The fourth-order valence-electron chi connectivity index (χ4n) is 1.60. The molecule has 14 heavy (non-hydrogen) atoms. The van der Waals surface area contributed by atoms with Crippen LogP contribution in [0.5, 0.6) is 0 Å². The van der Waals surface area contributed by atoms with E-state index in [0.29, 0.717) is 5.04 Å². The highest BCUT2D eigenvalue weighted by molar-refractivity contribution is 8.14. The number of hydrogen-bond acceptors (Lipinski definition) is 4. The molecular weight excluding hydrogens is 214 g/mol. The topological polar surface area (TPSA) is 73.7 Å². The molecule has 0 aliphatic heterocycles. The van der Waals surface area contributed by atoms with Crippen molar-refractivity contribution < 1.29 is 0 Å². The minimum Gasteiger partial charge on any atom is -0.379 e. The standard InChI is InChI=1S/C9H17N3S2/c1-6(10)13-4-7-2-8(3-7)5-14-9(11)12/h7-8,10H,2-5H2,1H3,(H3,11,12)/t7-,8+. The van der Waals surface area contributed by atoms with E-state index in [1.807, 2.05) is 6.92 Å². The van der Waals surface area contributed by atoms with Gasteiger partial charge in [-0.05, 0) is 31.6 Å². The van der Waals surface area contributed by atoms with Crippen LogP contribution in [0.3, 0.4) is 0 Å². The third-order valence-electron chi connectivity index (χ3n) is 2.34. The second kappa shape index (κ2) is 5.66. The van der Waals surface area contributed by atoms with Gasteiger partial charge in [0.05, 0.1) is 5.04 Å². The molecule has 0 amide bonds. The van der Waals surface area contributed by atoms with Crippen molar-refractivity contribution in [3.05, 3.63) is 0 Å². The van der Waals surface area contributed by atoms with Gasteiger partial charge in [-0.3, -0.25) is 10.8 Å². The average molecular weight is 231 g/mol. The van der Waals surface area contributed by atoms with Gasteiger partial charge in [0, 0.05) is 11.5 Å². The van der Waals surface area contributed by atoms with Crippen molar-refractivity contribution in [3.63, 3.8) is 0 Å². The normalized spacial score (nSPS) is 25.5. The molecule has 1 fully saturated rings. The second-order valence-electron chi connectivity index (χ2n) is 3.75. The Balaban J connectivity index is 2.00. The molecule has 0 saturated heterocycles. The summed E-state index contributed by atoms with van der Waals surface area (Å²) < 4.78 is 0. The quantitative estimate of drug-likeness (QED) is 0.513. The van der Waals surface area contributed by atoms with E-state index in [9.17, 15) is 0 Å². The maximum Gasteiger partial charge on any atom is 0.151 e. The van der Waals surface area contributed by atoms with Crippen LogP contribution in [0, 0.1) is 22.7 Å². The van der Waals surface area contributed by atoms with E-state index in [0.717, 1.165) is 23.3 Å². The summed E-state index contributed by atoms with van der Waals surface area (Å²) in [4.78, 5) is 0. The Labute approximate surface area is 93.6 Å². The molecule has 4 N–H and O–H groups in total. The monoisotopic (exact) mass is 231 g/mol. The Kier molecular flexibility index (Phi) is 4.81. The maximum absolute atomic E-state index is 7.29. The molecule has 1 aliphatic rings. The number of hydrogen-bond donors (Lipinski definition) is 3. The number of nitrogens with one attached hydrogen (secondary N) is 2. The first-order chi connectivity index (χ1) is 6.58. The molecule has 0 aromatic carbocycles. The zero-order valence-electron chi connectivity index (χ0n) is 8.38. The number of amidine groups is 1. The Hall–Kier alpha value is -0.160. The summed E-state index contributed by atoms with van der Waals surface area (Å²) in [7, 11) is 0. The summed E-state index contributed by atoms with van der Waals surface area (Å²) in [5.74, 6) is 3.63. The molecule has 0 heterocycles. The molecule has 0 aromatic rings. The SMILES string of the molecule is CC(=N)SC[C@H]1C[C@@H](CSC(=N)N)C1. The van der Waals surface area contributed by atoms with Crippen molar-refractivity contribution >= 4 is 33.7 Å². The Morgan fingerprint density at radius 3 is 2.14 bits per heavy atom. The summed E-state index contributed by atoms with van der Waals surface area (Å²) >= 11 is 3.10. The third kappa shape index (κ3) is 4.37. The third-order valence-corrected chi connectivity index (χ3v) is 4.36. The highest BCUT2D eigenvalue weighted by Crippen LogP contribution is 2.37. The first-order valence-corrected chi connectivity index (χ1v) is 6.69. The minimum absolute atomic E-state index is 0.234. The average Bonchev–Trinajstić information content (AvgIpc) is 1.99. The zero-order valence-corrected chi connectivity index (χ0v) is 10.0. The van der Waals surface area contributed by atoms with Gasteiger partial charge in [0.15, 0.2) is 5.17 Å². The molecule has 0 aromatic heterocycles.